The van der Waals surface area contributed by atoms with Gasteiger partial charge in [-0.2, -0.15) is 0 Å². The molecule has 0 fully saturated rings. The zero-order chi connectivity index (χ0) is 19.6. The number of hydrogen-bond donors (Lipinski definition) is 0. The predicted octanol–water partition coefficient (Wildman–Crippen LogP) is 7.06. The summed E-state index contributed by atoms with van der Waals surface area (Å²) in [6, 6.07) is 16.5. The van der Waals surface area contributed by atoms with Crippen LogP contribution in [0.25, 0.3) is 0 Å². The van der Waals surface area contributed by atoms with E-state index in [0.29, 0.717) is 0 Å². The van der Waals surface area contributed by atoms with Crippen LogP contribution in [0.15, 0.2) is 58.5 Å². The molecular formula is C26H32FeN3. The van der Waals surface area contributed by atoms with Crippen molar-refractivity contribution < 1.29 is 17.1 Å². The fourth-order valence-electron chi connectivity index (χ4n) is 3.18. The van der Waals surface area contributed by atoms with Crippen molar-refractivity contribution in [3.05, 3.63) is 97.0 Å². The van der Waals surface area contributed by atoms with E-state index in [9.17, 15) is 0 Å². The van der Waals surface area contributed by atoms with Crippen molar-refractivity contribution in [2.24, 2.45) is 9.98 Å². The van der Waals surface area contributed by atoms with E-state index in [1.54, 1.807) is 0 Å². The van der Waals surface area contributed by atoms with Gasteiger partial charge < -0.3 is 19.8 Å². The first-order valence-electron chi connectivity index (χ1n) is 9.24. The maximum atomic E-state index is 4.83. The number of aryl methyl sites for hydroxylation is 4. The minimum Gasteiger partial charge on any atom is -0.655 e. The van der Waals surface area contributed by atoms with Crippen LogP contribution >= 0.6 is 0 Å². The molecule has 0 aliphatic carbocycles. The number of para-hydroxylation sites is 2. The minimum absolute atomic E-state index is 0. The van der Waals surface area contributed by atoms with E-state index in [-0.39, 0.29) is 31.9 Å². The first-order chi connectivity index (χ1) is 12.9. The van der Waals surface area contributed by atoms with E-state index in [2.05, 4.69) is 64.1 Å². The Morgan fingerprint density at radius 2 is 0.900 bits per heavy atom. The van der Waals surface area contributed by atoms with Crippen molar-refractivity contribution in [1.82, 2.24) is 4.98 Å². The van der Waals surface area contributed by atoms with Crippen LogP contribution < -0.4 is 4.98 Å². The van der Waals surface area contributed by atoms with Crippen LogP contribution in [0.4, 0.5) is 11.4 Å². The van der Waals surface area contributed by atoms with E-state index in [1.165, 1.54) is 22.3 Å². The normalized spacial score (nSPS) is 11.3. The van der Waals surface area contributed by atoms with Crippen LogP contribution in [-0.4, -0.2) is 11.4 Å². The van der Waals surface area contributed by atoms with Crippen LogP contribution in [0.3, 0.4) is 0 Å². The van der Waals surface area contributed by atoms with E-state index in [4.69, 9.17) is 15.0 Å². The van der Waals surface area contributed by atoms with Gasteiger partial charge in [-0.25, -0.2) is 0 Å². The van der Waals surface area contributed by atoms with Gasteiger partial charge in [-0.1, -0.05) is 48.5 Å². The molecule has 0 N–H and O–H groups in total. The van der Waals surface area contributed by atoms with Crippen LogP contribution in [0.5, 0.6) is 0 Å². The van der Waals surface area contributed by atoms with E-state index in [0.717, 1.165) is 34.2 Å². The molecule has 1 heterocycles. The van der Waals surface area contributed by atoms with Crippen LogP contribution in [0, 0.1) is 42.5 Å². The van der Waals surface area contributed by atoms with Crippen molar-refractivity contribution >= 4 is 22.8 Å². The number of rotatable bonds is 4. The topological polar surface area (TPSA) is 38.8 Å². The van der Waals surface area contributed by atoms with Gasteiger partial charge in [0.05, 0.1) is 11.4 Å². The van der Waals surface area contributed by atoms with Crippen LogP contribution in [0.1, 0.15) is 47.5 Å². The third-order valence-corrected chi connectivity index (χ3v) is 4.82. The summed E-state index contributed by atoms with van der Waals surface area (Å²) < 4.78 is 0. The number of aromatic nitrogens is 1. The summed E-state index contributed by atoms with van der Waals surface area (Å²) >= 11 is 0. The molecule has 0 saturated heterocycles. The molecule has 0 bridgehead atoms. The second kappa shape index (κ2) is 11.7. The van der Waals surface area contributed by atoms with Crippen molar-refractivity contribution in [3.63, 3.8) is 0 Å². The Hall–Kier alpha value is -2.42. The van der Waals surface area contributed by atoms with Crippen LogP contribution in [0.2, 0.25) is 0 Å². The molecule has 30 heavy (non-hydrogen) atoms. The molecule has 0 aliphatic heterocycles. The smallest absolute Gasteiger partial charge is 0.655 e. The van der Waals surface area contributed by atoms with Gasteiger partial charge in [0.25, 0.3) is 0 Å². The summed E-state index contributed by atoms with van der Waals surface area (Å²) in [7, 11) is 0. The molecule has 1 radical (unpaired) electrons. The Labute approximate surface area is 193 Å². The first-order valence-corrected chi connectivity index (χ1v) is 9.24. The third kappa shape index (κ3) is 6.04. The molecule has 0 aliphatic rings. The van der Waals surface area contributed by atoms with E-state index in [1.807, 2.05) is 26.0 Å². The van der Waals surface area contributed by atoms with Gasteiger partial charge >= 0.3 is 17.1 Å². The molecule has 0 unspecified atom stereocenters. The van der Waals surface area contributed by atoms with Gasteiger partial charge in [-0.3, -0.25) is 9.98 Å². The molecule has 4 heteroatoms. The summed E-state index contributed by atoms with van der Waals surface area (Å²) in [4.78, 5) is 14.4. The van der Waals surface area contributed by atoms with Crippen molar-refractivity contribution in [2.45, 2.75) is 41.5 Å². The molecule has 2 aromatic carbocycles. The summed E-state index contributed by atoms with van der Waals surface area (Å²) in [5.41, 5.74) is 10.4. The second-order valence-corrected chi connectivity index (χ2v) is 7.09. The molecule has 0 saturated carbocycles. The van der Waals surface area contributed by atoms with Gasteiger partial charge in [0, 0.05) is 11.4 Å². The molecule has 3 nitrogen and oxygen atoms in total. The van der Waals surface area contributed by atoms with Crippen molar-refractivity contribution in [2.75, 3.05) is 0 Å². The van der Waals surface area contributed by atoms with Gasteiger partial charge in [0.1, 0.15) is 0 Å². The summed E-state index contributed by atoms with van der Waals surface area (Å²) in [6.45, 7) is 12.4. The molecule has 0 amide bonds. The fourth-order valence-corrected chi connectivity index (χ4v) is 3.18. The monoisotopic (exact) mass is 442 g/mol. The number of hydrogen-bond acceptors (Lipinski definition) is 2. The van der Waals surface area contributed by atoms with Gasteiger partial charge in [-0.15, -0.1) is 11.4 Å². The number of benzene rings is 2. The molecule has 3 aromatic rings. The molecule has 0 spiro atoms. The van der Waals surface area contributed by atoms with E-state index < -0.39 is 0 Å². The van der Waals surface area contributed by atoms with Crippen LogP contribution in [-0.2, 0) is 17.1 Å². The van der Waals surface area contributed by atoms with Crippen molar-refractivity contribution in [3.8, 4) is 0 Å². The van der Waals surface area contributed by atoms with E-state index >= 15 is 0 Å². The third-order valence-electron chi connectivity index (χ3n) is 4.82. The Bertz CT molecular complexity index is 920. The molecule has 0 atom stereocenters. The van der Waals surface area contributed by atoms with Crippen molar-refractivity contribution in [1.29, 1.82) is 0 Å². The van der Waals surface area contributed by atoms with Gasteiger partial charge in [0.2, 0.25) is 0 Å². The number of aliphatic imine (C=N–C) groups is 2. The first kappa shape index (κ1) is 27.6. The summed E-state index contributed by atoms with van der Waals surface area (Å²) in [6.07, 6.45) is 0. The Balaban J connectivity index is 0.00000280. The van der Waals surface area contributed by atoms with Gasteiger partial charge in [-0.05, 0) is 63.8 Å². The Kier molecular flexibility index (Phi) is 10.7. The Morgan fingerprint density at radius 1 is 0.600 bits per heavy atom. The molecule has 3 rings (SSSR count). The average Bonchev–Trinajstić information content (AvgIpc) is 3.12. The maximum Gasteiger partial charge on any atom is 3.00 e. The zero-order valence-electron chi connectivity index (χ0n) is 19.3. The predicted molar refractivity (Wildman–Crippen MR) is 128 cm³/mol. The quantitative estimate of drug-likeness (QED) is 0.242. The largest absolute Gasteiger partial charge is 3.00 e. The summed E-state index contributed by atoms with van der Waals surface area (Å²) in [5, 5.41) is 0. The molecule has 159 valence electrons. The minimum atomic E-state index is 0. The molecular weight excluding hydrogens is 410 g/mol. The Morgan fingerprint density at radius 3 is 1.20 bits per heavy atom. The second-order valence-electron chi connectivity index (χ2n) is 7.09. The standard InChI is InChI=1S/C24H26N3.2CH3.Fe/c1-15-9-7-10-16(2)23(15)25-19(5)21-13-14-22(27-21)20(6)26-24-17(3)11-8-12-18(24)4;;;/h7-14H,1-6H3;2*1H3;/q3*-1;+3. The zero-order valence-corrected chi connectivity index (χ0v) is 20.4. The average molecular weight is 442 g/mol. The van der Waals surface area contributed by atoms with Gasteiger partial charge in [0.15, 0.2) is 0 Å². The fraction of sp³-hybridized carbons (Fsp3) is 0.231. The maximum absolute atomic E-state index is 4.83. The summed E-state index contributed by atoms with van der Waals surface area (Å²) in [5.74, 6) is 0. The number of nitrogens with zero attached hydrogens (tertiary/aromatic N) is 3. The molecule has 1 aromatic heterocycles. The SMILES string of the molecule is CC(=Nc1c(C)cccc1C)c1ccc(C(C)=Nc2c(C)cccc2C)[n-]1.[CH3-].[CH3-].[Fe+3].